The summed E-state index contributed by atoms with van der Waals surface area (Å²) in [6.45, 7) is 7.25. The van der Waals surface area contributed by atoms with Gasteiger partial charge in [-0.2, -0.15) is 0 Å². The molecule has 1 aromatic rings. The standard InChI is InChI=1S/C15H22ClN3O2/c1-15(2)10-19(7-8-21-15)6-5-14(20)18-13-4-3-11(16)9-12(13)17/h3-4,9H,5-8,10,17H2,1-2H3,(H,18,20). The summed E-state index contributed by atoms with van der Waals surface area (Å²) in [5.74, 6) is -0.0479. The van der Waals surface area contributed by atoms with Crippen LogP contribution >= 0.6 is 11.6 Å². The molecule has 6 heteroatoms. The number of nitrogens with two attached hydrogens (primary N) is 1. The highest BCUT2D eigenvalue weighted by Crippen LogP contribution is 2.23. The number of nitrogens with one attached hydrogen (secondary N) is 1. The number of carbonyl (C=O) groups excluding carboxylic acids is 1. The zero-order chi connectivity index (χ0) is 15.5. The van der Waals surface area contributed by atoms with Crippen LogP contribution in [0.5, 0.6) is 0 Å². The normalized spacial score (nSPS) is 18.4. The number of carbonyl (C=O) groups is 1. The van der Waals surface area contributed by atoms with Gasteiger partial charge in [-0.3, -0.25) is 9.69 Å². The van der Waals surface area contributed by atoms with Gasteiger partial charge in [-0.25, -0.2) is 0 Å². The first-order valence-corrected chi connectivity index (χ1v) is 7.45. The van der Waals surface area contributed by atoms with Crippen LogP contribution in [0.1, 0.15) is 20.3 Å². The lowest BCUT2D eigenvalue weighted by Crippen LogP contribution is -2.48. The zero-order valence-electron chi connectivity index (χ0n) is 12.5. The van der Waals surface area contributed by atoms with Gasteiger partial charge in [0.05, 0.1) is 23.6 Å². The van der Waals surface area contributed by atoms with E-state index in [1.54, 1.807) is 18.2 Å². The van der Waals surface area contributed by atoms with Crippen molar-refractivity contribution in [3.63, 3.8) is 0 Å². The molecule has 21 heavy (non-hydrogen) atoms. The first-order chi connectivity index (χ1) is 9.85. The highest BCUT2D eigenvalue weighted by molar-refractivity contribution is 6.31. The van der Waals surface area contributed by atoms with E-state index in [1.165, 1.54) is 0 Å². The van der Waals surface area contributed by atoms with Gasteiger partial charge in [-0.15, -0.1) is 0 Å². The lowest BCUT2D eigenvalue weighted by atomic mass is 10.1. The number of ether oxygens (including phenoxy) is 1. The van der Waals surface area contributed by atoms with E-state index in [0.717, 1.165) is 13.1 Å². The largest absolute Gasteiger partial charge is 0.397 e. The number of hydrogen-bond acceptors (Lipinski definition) is 4. The first kappa shape index (κ1) is 16.1. The fourth-order valence-corrected chi connectivity index (χ4v) is 2.61. The van der Waals surface area contributed by atoms with E-state index in [1.807, 2.05) is 0 Å². The van der Waals surface area contributed by atoms with Crippen molar-refractivity contribution in [1.82, 2.24) is 4.90 Å². The Morgan fingerprint density at radius 1 is 1.52 bits per heavy atom. The number of morpholine rings is 1. The third-order valence-electron chi connectivity index (χ3n) is 3.45. The molecule has 0 bridgehead atoms. The number of nitrogen functional groups attached to an aromatic ring is 1. The Morgan fingerprint density at radius 2 is 2.29 bits per heavy atom. The average Bonchev–Trinajstić information content (AvgIpc) is 2.39. The number of hydrogen-bond donors (Lipinski definition) is 2. The monoisotopic (exact) mass is 311 g/mol. The third-order valence-corrected chi connectivity index (χ3v) is 3.68. The van der Waals surface area contributed by atoms with E-state index in [-0.39, 0.29) is 11.5 Å². The maximum atomic E-state index is 12.0. The van der Waals surface area contributed by atoms with Crippen molar-refractivity contribution < 1.29 is 9.53 Å². The summed E-state index contributed by atoms with van der Waals surface area (Å²) in [6, 6.07) is 5.05. The number of nitrogens with zero attached hydrogens (tertiary/aromatic N) is 1. The van der Waals surface area contributed by atoms with Gasteiger partial charge >= 0.3 is 0 Å². The lowest BCUT2D eigenvalue weighted by Gasteiger charge is -2.38. The molecule has 1 aliphatic heterocycles. The summed E-state index contributed by atoms with van der Waals surface area (Å²) >= 11 is 5.83. The topological polar surface area (TPSA) is 67.6 Å². The third kappa shape index (κ3) is 4.88. The van der Waals surface area contributed by atoms with Gasteiger partial charge in [-0.05, 0) is 32.0 Å². The molecule has 116 valence electrons. The van der Waals surface area contributed by atoms with Crippen molar-refractivity contribution in [3.05, 3.63) is 23.2 Å². The minimum atomic E-state index is -0.144. The maximum absolute atomic E-state index is 12.0. The van der Waals surface area contributed by atoms with Crippen LogP contribution in [0, 0.1) is 0 Å². The number of amides is 1. The van der Waals surface area contributed by atoms with Crippen LogP contribution in [0.2, 0.25) is 5.02 Å². The summed E-state index contributed by atoms with van der Waals surface area (Å²) in [4.78, 5) is 14.2. The predicted molar refractivity (Wildman–Crippen MR) is 85.6 cm³/mol. The van der Waals surface area contributed by atoms with Crippen molar-refractivity contribution in [1.29, 1.82) is 0 Å². The number of rotatable bonds is 4. The highest BCUT2D eigenvalue weighted by atomic mass is 35.5. The second-order valence-electron chi connectivity index (χ2n) is 5.91. The summed E-state index contributed by atoms with van der Waals surface area (Å²) in [5.41, 5.74) is 6.75. The van der Waals surface area contributed by atoms with Crippen molar-refractivity contribution in [2.45, 2.75) is 25.9 Å². The Labute approximate surface area is 130 Å². The van der Waals surface area contributed by atoms with Crippen LogP contribution in [0.4, 0.5) is 11.4 Å². The van der Waals surface area contributed by atoms with E-state index < -0.39 is 0 Å². The Hall–Kier alpha value is -1.30. The molecule has 0 unspecified atom stereocenters. The molecular formula is C15H22ClN3O2. The molecule has 1 fully saturated rings. The number of benzene rings is 1. The molecular weight excluding hydrogens is 290 g/mol. The van der Waals surface area contributed by atoms with Crippen molar-refractivity contribution >= 4 is 28.9 Å². The van der Waals surface area contributed by atoms with Gasteiger partial charge < -0.3 is 15.8 Å². The molecule has 0 saturated carbocycles. The smallest absolute Gasteiger partial charge is 0.225 e. The zero-order valence-corrected chi connectivity index (χ0v) is 13.2. The minimum absolute atomic E-state index is 0.0479. The van der Waals surface area contributed by atoms with Crippen molar-refractivity contribution in [3.8, 4) is 0 Å². The van der Waals surface area contributed by atoms with Gasteiger partial charge in [0.1, 0.15) is 0 Å². The minimum Gasteiger partial charge on any atom is -0.397 e. The van der Waals surface area contributed by atoms with Crippen LogP contribution in [0.25, 0.3) is 0 Å². The van der Waals surface area contributed by atoms with Crippen LogP contribution in [-0.2, 0) is 9.53 Å². The molecule has 0 aliphatic carbocycles. The molecule has 0 aromatic heterocycles. The molecule has 1 saturated heterocycles. The Morgan fingerprint density at radius 3 is 2.95 bits per heavy atom. The quantitative estimate of drug-likeness (QED) is 0.838. The summed E-state index contributed by atoms with van der Waals surface area (Å²) in [5, 5.41) is 3.37. The molecule has 1 aliphatic rings. The summed E-state index contributed by atoms with van der Waals surface area (Å²) < 4.78 is 5.65. The Kier molecular flexibility index (Phi) is 5.08. The van der Waals surface area contributed by atoms with E-state index in [2.05, 4.69) is 24.1 Å². The lowest BCUT2D eigenvalue weighted by molar-refractivity contribution is -0.118. The van der Waals surface area contributed by atoms with E-state index in [0.29, 0.717) is 36.0 Å². The fraction of sp³-hybridized carbons (Fsp3) is 0.533. The Bertz CT molecular complexity index is 520. The van der Waals surface area contributed by atoms with Crippen molar-refractivity contribution in [2.24, 2.45) is 0 Å². The van der Waals surface area contributed by atoms with Crippen LogP contribution in [-0.4, -0.2) is 42.6 Å². The molecule has 0 spiro atoms. The van der Waals surface area contributed by atoms with Gasteiger partial charge in [0.2, 0.25) is 5.91 Å². The fourth-order valence-electron chi connectivity index (χ4n) is 2.42. The molecule has 1 amide bonds. The predicted octanol–water partition coefficient (Wildman–Crippen LogP) is 2.36. The van der Waals surface area contributed by atoms with Crippen molar-refractivity contribution in [2.75, 3.05) is 37.3 Å². The summed E-state index contributed by atoms with van der Waals surface area (Å²) in [6.07, 6.45) is 0.429. The van der Waals surface area contributed by atoms with E-state index in [9.17, 15) is 4.79 Å². The van der Waals surface area contributed by atoms with Crippen LogP contribution in [0.3, 0.4) is 0 Å². The van der Waals surface area contributed by atoms with Gasteiger partial charge in [0.15, 0.2) is 0 Å². The van der Waals surface area contributed by atoms with Gasteiger partial charge in [-0.1, -0.05) is 11.6 Å². The number of anilines is 2. The molecule has 0 atom stereocenters. The van der Waals surface area contributed by atoms with Gasteiger partial charge in [0.25, 0.3) is 0 Å². The molecule has 0 radical (unpaired) electrons. The van der Waals surface area contributed by atoms with E-state index >= 15 is 0 Å². The van der Waals surface area contributed by atoms with Crippen LogP contribution < -0.4 is 11.1 Å². The highest BCUT2D eigenvalue weighted by Gasteiger charge is 2.27. The second-order valence-corrected chi connectivity index (χ2v) is 6.35. The molecule has 3 N–H and O–H groups in total. The second kappa shape index (κ2) is 6.64. The molecule has 1 heterocycles. The van der Waals surface area contributed by atoms with Gasteiger partial charge in [0, 0.05) is 31.1 Å². The maximum Gasteiger partial charge on any atom is 0.225 e. The van der Waals surface area contributed by atoms with E-state index in [4.69, 9.17) is 22.1 Å². The Balaban J connectivity index is 1.82. The molecule has 2 rings (SSSR count). The molecule has 5 nitrogen and oxygen atoms in total. The SMILES string of the molecule is CC1(C)CN(CCC(=O)Nc2ccc(Cl)cc2N)CCO1. The average molecular weight is 312 g/mol. The first-order valence-electron chi connectivity index (χ1n) is 7.07. The summed E-state index contributed by atoms with van der Waals surface area (Å²) in [7, 11) is 0. The number of halogens is 1. The molecule has 1 aromatic carbocycles. The van der Waals surface area contributed by atoms with Crippen LogP contribution in [0.15, 0.2) is 18.2 Å².